The van der Waals surface area contributed by atoms with Crippen molar-refractivity contribution in [2.45, 2.75) is 19.3 Å². The average molecular weight is 286 g/mol. The Morgan fingerprint density at radius 3 is 2.25 bits per heavy atom. The molecule has 0 N–H and O–H groups in total. The van der Waals surface area contributed by atoms with Gasteiger partial charge in [-0.25, -0.2) is 0 Å². The molecule has 1 aromatic rings. The minimum atomic E-state index is 0. The van der Waals surface area contributed by atoms with Crippen LogP contribution in [0.5, 0.6) is 0 Å². The summed E-state index contributed by atoms with van der Waals surface area (Å²) < 4.78 is 0. The minimum Gasteiger partial charge on any atom is -0.309 e. The fourth-order valence-electron chi connectivity index (χ4n) is 1.68. The number of nitrogens with zero attached hydrogens (tertiary/aromatic N) is 1. The maximum atomic E-state index is 11.5. The summed E-state index contributed by atoms with van der Waals surface area (Å²) in [7, 11) is 4.06. The summed E-state index contributed by atoms with van der Waals surface area (Å²) in [5.41, 5.74) is 1.13. The molecule has 0 heterocycles. The Morgan fingerprint density at radius 1 is 1.25 bits per heavy atom. The van der Waals surface area contributed by atoms with Crippen molar-refractivity contribution in [3.05, 3.63) is 35.9 Å². The maximum Gasteiger partial charge on any atom is 0.137 e. The quantitative estimate of drug-likeness (QED) is 0.829. The van der Waals surface area contributed by atoms with Crippen molar-refractivity contribution < 1.29 is 4.79 Å². The Labute approximate surface area is 108 Å². The van der Waals surface area contributed by atoms with Gasteiger partial charge in [0.25, 0.3) is 0 Å². The van der Waals surface area contributed by atoms with Crippen molar-refractivity contribution >= 4 is 22.8 Å². The summed E-state index contributed by atoms with van der Waals surface area (Å²) in [6.45, 7) is 2.62. The monoisotopic (exact) mass is 285 g/mol. The normalized spacial score (nSPS) is 12.0. The number of Topliss-reactive ketones (excluding diaryl/α,β-unsaturated/α-hetero) is 1. The standard InChI is InChI=1S/C13H19NO.BrH/c1-11(15)13(9-10-14(2)3)12-7-5-4-6-8-12;/h4-8,13H,9-10H2,1-3H3;1H. The van der Waals surface area contributed by atoms with Crippen LogP contribution in [-0.2, 0) is 4.79 Å². The van der Waals surface area contributed by atoms with Gasteiger partial charge in [0.2, 0.25) is 0 Å². The fourth-order valence-corrected chi connectivity index (χ4v) is 1.68. The largest absolute Gasteiger partial charge is 0.309 e. The Kier molecular flexibility index (Phi) is 7.26. The second-order valence-electron chi connectivity index (χ2n) is 4.17. The number of carbonyl (C=O) groups is 1. The lowest BCUT2D eigenvalue weighted by atomic mass is 9.92. The molecule has 1 rings (SSSR count). The van der Waals surface area contributed by atoms with Gasteiger partial charge in [0.15, 0.2) is 0 Å². The Hall–Kier alpha value is -0.670. The molecule has 1 unspecified atom stereocenters. The number of carbonyl (C=O) groups excluding carboxylic acids is 1. The highest BCUT2D eigenvalue weighted by atomic mass is 79.9. The van der Waals surface area contributed by atoms with E-state index in [0.717, 1.165) is 18.5 Å². The molecule has 0 amide bonds. The van der Waals surface area contributed by atoms with Gasteiger partial charge in [0.05, 0.1) is 0 Å². The zero-order chi connectivity index (χ0) is 11.3. The van der Waals surface area contributed by atoms with Gasteiger partial charge in [-0.05, 0) is 39.5 Å². The third-order valence-corrected chi connectivity index (χ3v) is 2.56. The SMILES string of the molecule is Br.CC(=O)C(CCN(C)C)c1ccccc1. The van der Waals surface area contributed by atoms with Gasteiger partial charge in [0, 0.05) is 5.92 Å². The van der Waals surface area contributed by atoms with Crippen molar-refractivity contribution in [3.63, 3.8) is 0 Å². The van der Waals surface area contributed by atoms with Crippen LogP contribution in [0.4, 0.5) is 0 Å². The molecule has 0 aliphatic carbocycles. The molecule has 0 aliphatic heterocycles. The molecule has 2 nitrogen and oxygen atoms in total. The molecule has 1 atom stereocenters. The Morgan fingerprint density at radius 2 is 1.81 bits per heavy atom. The van der Waals surface area contributed by atoms with E-state index in [1.54, 1.807) is 6.92 Å². The van der Waals surface area contributed by atoms with Crippen LogP contribution in [0.3, 0.4) is 0 Å². The lowest BCUT2D eigenvalue weighted by molar-refractivity contribution is -0.118. The molecule has 1 aromatic carbocycles. The number of halogens is 1. The molecule has 0 aliphatic rings. The molecule has 16 heavy (non-hydrogen) atoms. The van der Waals surface area contributed by atoms with Gasteiger partial charge in [-0.2, -0.15) is 0 Å². The van der Waals surface area contributed by atoms with E-state index < -0.39 is 0 Å². The third-order valence-electron chi connectivity index (χ3n) is 2.56. The van der Waals surface area contributed by atoms with Gasteiger partial charge >= 0.3 is 0 Å². The van der Waals surface area contributed by atoms with Gasteiger partial charge < -0.3 is 4.90 Å². The predicted molar refractivity (Wildman–Crippen MR) is 73.4 cm³/mol. The second-order valence-corrected chi connectivity index (χ2v) is 4.17. The first-order chi connectivity index (χ1) is 7.11. The zero-order valence-electron chi connectivity index (χ0n) is 10.1. The van der Waals surface area contributed by atoms with Crippen LogP contribution in [0.2, 0.25) is 0 Å². The number of benzene rings is 1. The van der Waals surface area contributed by atoms with Crippen LogP contribution < -0.4 is 0 Å². The Balaban J connectivity index is 0.00000225. The molecular weight excluding hydrogens is 266 g/mol. The van der Waals surface area contributed by atoms with Crippen LogP contribution >= 0.6 is 17.0 Å². The molecule has 3 heteroatoms. The summed E-state index contributed by atoms with van der Waals surface area (Å²) in [5, 5.41) is 0. The molecular formula is C13H20BrNO. The van der Waals surface area contributed by atoms with Gasteiger partial charge in [-0.15, -0.1) is 17.0 Å². The lowest BCUT2D eigenvalue weighted by Gasteiger charge is -2.17. The third kappa shape index (κ3) is 4.90. The molecule has 0 spiro atoms. The van der Waals surface area contributed by atoms with Crippen molar-refractivity contribution in [2.75, 3.05) is 20.6 Å². The summed E-state index contributed by atoms with van der Waals surface area (Å²) in [5.74, 6) is 0.302. The lowest BCUT2D eigenvalue weighted by Crippen LogP contribution is -2.19. The van der Waals surface area contributed by atoms with E-state index in [1.165, 1.54) is 0 Å². The van der Waals surface area contributed by atoms with E-state index in [4.69, 9.17) is 0 Å². The minimum absolute atomic E-state index is 0. The van der Waals surface area contributed by atoms with Gasteiger partial charge in [-0.1, -0.05) is 30.3 Å². The van der Waals surface area contributed by atoms with E-state index in [9.17, 15) is 4.79 Å². The van der Waals surface area contributed by atoms with Crippen LogP contribution in [0, 0.1) is 0 Å². The van der Waals surface area contributed by atoms with Crippen LogP contribution in [-0.4, -0.2) is 31.3 Å². The highest BCUT2D eigenvalue weighted by Crippen LogP contribution is 2.20. The topological polar surface area (TPSA) is 20.3 Å². The summed E-state index contributed by atoms with van der Waals surface area (Å²) in [6.07, 6.45) is 0.895. The highest BCUT2D eigenvalue weighted by Gasteiger charge is 2.15. The molecule has 0 saturated carbocycles. The van der Waals surface area contributed by atoms with Crippen LogP contribution in [0.1, 0.15) is 24.8 Å². The molecule has 0 bridgehead atoms. The molecule has 0 fully saturated rings. The fraction of sp³-hybridized carbons (Fsp3) is 0.462. The number of hydrogen-bond acceptors (Lipinski definition) is 2. The molecule has 0 radical (unpaired) electrons. The van der Waals surface area contributed by atoms with E-state index in [-0.39, 0.29) is 28.7 Å². The first-order valence-corrected chi connectivity index (χ1v) is 5.31. The first-order valence-electron chi connectivity index (χ1n) is 5.31. The average Bonchev–Trinajstić information content (AvgIpc) is 2.18. The summed E-state index contributed by atoms with van der Waals surface area (Å²) in [4.78, 5) is 13.6. The smallest absolute Gasteiger partial charge is 0.137 e. The second kappa shape index (κ2) is 7.58. The first kappa shape index (κ1) is 15.3. The highest BCUT2D eigenvalue weighted by molar-refractivity contribution is 8.93. The Bertz CT molecular complexity index is 311. The van der Waals surface area contributed by atoms with Crippen molar-refractivity contribution in [1.29, 1.82) is 0 Å². The van der Waals surface area contributed by atoms with Crippen molar-refractivity contribution in [1.82, 2.24) is 4.90 Å². The van der Waals surface area contributed by atoms with Gasteiger partial charge in [0.1, 0.15) is 5.78 Å². The molecule has 90 valence electrons. The number of rotatable bonds is 5. The zero-order valence-corrected chi connectivity index (χ0v) is 11.9. The van der Waals surface area contributed by atoms with Gasteiger partial charge in [-0.3, -0.25) is 4.79 Å². The molecule has 0 aromatic heterocycles. The van der Waals surface area contributed by atoms with Crippen molar-refractivity contribution in [2.24, 2.45) is 0 Å². The van der Waals surface area contributed by atoms with E-state index in [2.05, 4.69) is 4.90 Å². The summed E-state index contributed by atoms with van der Waals surface area (Å²) in [6, 6.07) is 10.0. The van der Waals surface area contributed by atoms with E-state index in [0.29, 0.717) is 0 Å². The molecule has 0 saturated heterocycles. The summed E-state index contributed by atoms with van der Waals surface area (Å²) >= 11 is 0. The maximum absolute atomic E-state index is 11.5. The van der Waals surface area contributed by atoms with Crippen LogP contribution in [0.25, 0.3) is 0 Å². The van der Waals surface area contributed by atoms with Crippen LogP contribution in [0.15, 0.2) is 30.3 Å². The predicted octanol–water partition coefficient (Wildman–Crippen LogP) is 2.89. The van der Waals surface area contributed by atoms with E-state index >= 15 is 0 Å². The number of hydrogen-bond donors (Lipinski definition) is 0. The number of ketones is 1. The van der Waals surface area contributed by atoms with Crippen molar-refractivity contribution in [3.8, 4) is 0 Å². The van der Waals surface area contributed by atoms with E-state index in [1.807, 2.05) is 44.4 Å².